The van der Waals surface area contributed by atoms with Gasteiger partial charge in [-0.25, -0.2) is 15.0 Å². The Morgan fingerprint density at radius 2 is 0.500 bits per heavy atom. The molecule has 5 nitrogen and oxygen atoms in total. The van der Waals surface area contributed by atoms with Crippen LogP contribution in [0.4, 0.5) is 0 Å². The third-order valence-electron chi connectivity index (χ3n) is 13.2. The lowest BCUT2D eigenvalue weighted by atomic mass is 9.98. The molecule has 0 saturated carbocycles. The molecule has 0 bridgehead atoms. The van der Waals surface area contributed by atoms with Crippen LogP contribution in [-0.4, -0.2) is 24.1 Å². The van der Waals surface area contributed by atoms with Gasteiger partial charge in [0, 0.05) is 49.6 Å². The molecule has 5 heteroatoms. The highest BCUT2D eigenvalue weighted by Crippen LogP contribution is 2.36. The zero-order chi connectivity index (χ0) is 45.0. The Balaban J connectivity index is 0.899. The summed E-state index contributed by atoms with van der Waals surface area (Å²) in [6, 6.07) is 88.1. The first-order valence-corrected chi connectivity index (χ1v) is 23.0. The molecule has 0 radical (unpaired) electrons. The highest BCUT2D eigenvalue weighted by atomic mass is 15.0. The minimum atomic E-state index is 0.607. The third kappa shape index (κ3) is 6.84. The van der Waals surface area contributed by atoms with Crippen molar-refractivity contribution in [3.05, 3.63) is 249 Å². The van der Waals surface area contributed by atoms with E-state index in [4.69, 9.17) is 15.0 Å². The average Bonchev–Trinajstić information content (AvgIpc) is 3.94. The lowest BCUT2D eigenvalue weighted by Crippen LogP contribution is -2.01. The molecule has 0 aliphatic heterocycles. The van der Waals surface area contributed by atoms with Crippen LogP contribution in [0.1, 0.15) is 0 Å². The molecule has 0 amide bonds. The zero-order valence-corrected chi connectivity index (χ0v) is 36.9. The fourth-order valence-electron chi connectivity index (χ4n) is 9.91. The average molecular weight is 868 g/mol. The van der Waals surface area contributed by atoms with E-state index in [1.54, 1.807) is 0 Å². The molecule has 0 aliphatic rings. The largest absolute Gasteiger partial charge is 0.309 e. The quantitative estimate of drug-likeness (QED) is 0.153. The molecule has 10 aromatic carbocycles. The molecule has 0 unspecified atom stereocenters. The van der Waals surface area contributed by atoms with E-state index < -0.39 is 0 Å². The monoisotopic (exact) mass is 867 g/mol. The minimum Gasteiger partial charge on any atom is -0.309 e. The van der Waals surface area contributed by atoms with Crippen LogP contribution in [0.2, 0.25) is 0 Å². The molecule has 0 aliphatic carbocycles. The smallest absolute Gasteiger partial charge is 0.164 e. The molecule has 0 fully saturated rings. The van der Waals surface area contributed by atoms with Crippen molar-refractivity contribution in [3.63, 3.8) is 0 Å². The van der Waals surface area contributed by atoms with Crippen molar-refractivity contribution < 1.29 is 0 Å². The fraction of sp³-hybridized carbons (Fsp3) is 0. The molecule has 68 heavy (non-hydrogen) atoms. The summed E-state index contributed by atoms with van der Waals surface area (Å²) >= 11 is 0. The zero-order valence-electron chi connectivity index (χ0n) is 36.9. The number of nitrogens with zero attached hydrogens (tertiary/aromatic N) is 5. The maximum Gasteiger partial charge on any atom is 0.164 e. The Bertz CT molecular complexity index is 3910. The lowest BCUT2D eigenvalue weighted by Gasteiger charge is -2.12. The number of fused-ring (bicyclic) bond motifs is 6. The lowest BCUT2D eigenvalue weighted by molar-refractivity contribution is 1.07. The van der Waals surface area contributed by atoms with E-state index in [-0.39, 0.29) is 0 Å². The topological polar surface area (TPSA) is 48.5 Å². The van der Waals surface area contributed by atoms with Crippen LogP contribution >= 0.6 is 0 Å². The number of aromatic nitrogens is 5. The SMILES string of the molecule is c1ccc(-c2cccc(-c3ccc(-c4nc(-c5ccc(-c6cccc(-n7c8ccccc8c8ccccc87)c6)cc5)nc(-c5cccc(-n6c7ccccc7c7ccccc76)c5)n4)cc3)c2)cc1. The van der Waals surface area contributed by atoms with E-state index in [1.807, 2.05) is 0 Å². The summed E-state index contributed by atoms with van der Waals surface area (Å²) < 4.78 is 4.69. The van der Waals surface area contributed by atoms with Gasteiger partial charge in [-0.05, 0) is 88.0 Å². The molecule has 13 aromatic rings. The van der Waals surface area contributed by atoms with Crippen LogP contribution in [0.3, 0.4) is 0 Å². The molecule has 13 rings (SSSR count). The summed E-state index contributed by atoms with van der Waals surface area (Å²) in [5.74, 6) is 1.83. The van der Waals surface area contributed by atoms with Gasteiger partial charge in [-0.3, -0.25) is 0 Å². The molecular formula is C63H41N5. The van der Waals surface area contributed by atoms with Crippen molar-refractivity contribution in [2.45, 2.75) is 0 Å². The maximum atomic E-state index is 5.22. The van der Waals surface area contributed by atoms with Gasteiger partial charge >= 0.3 is 0 Å². The predicted molar refractivity (Wildman–Crippen MR) is 281 cm³/mol. The van der Waals surface area contributed by atoms with Gasteiger partial charge in [0.15, 0.2) is 17.5 Å². The molecule has 0 saturated heterocycles. The molecular weight excluding hydrogens is 827 g/mol. The summed E-state index contributed by atoms with van der Waals surface area (Å²) in [6.07, 6.45) is 0. The summed E-state index contributed by atoms with van der Waals surface area (Å²) in [7, 11) is 0. The maximum absolute atomic E-state index is 5.22. The van der Waals surface area contributed by atoms with Crippen molar-refractivity contribution in [2.24, 2.45) is 0 Å². The van der Waals surface area contributed by atoms with Gasteiger partial charge in [0.05, 0.1) is 22.1 Å². The van der Waals surface area contributed by atoms with Crippen LogP contribution in [0.25, 0.3) is 123 Å². The van der Waals surface area contributed by atoms with Crippen LogP contribution in [0, 0.1) is 0 Å². The van der Waals surface area contributed by atoms with Crippen LogP contribution < -0.4 is 0 Å². The van der Waals surface area contributed by atoms with E-state index in [0.717, 1.165) is 61.4 Å². The number of hydrogen-bond acceptors (Lipinski definition) is 3. The van der Waals surface area contributed by atoms with Crippen LogP contribution in [-0.2, 0) is 0 Å². The van der Waals surface area contributed by atoms with Crippen LogP contribution in [0.15, 0.2) is 249 Å². The van der Waals surface area contributed by atoms with E-state index in [0.29, 0.717) is 17.5 Å². The van der Waals surface area contributed by atoms with Gasteiger partial charge in [0.1, 0.15) is 0 Å². The first-order chi connectivity index (χ1) is 33.7. The van der Waals surface area contributed by atoms with Crippen molar-refractivity contribution in [1.82, 2.24) is 24.1 Å². The Labute approximate surface area is 393 Å². The van der Waals surface area contributed by atoms with Crippen molar-refractivity contribution >= 4 is 43.6 Å². The normalized spacial score (nSPS) is 11.5. The van der Waals surface area contributed by atoms with Crippen molar-refractivity contribution in [2.75, 3.05) is 0 Å². The molecule has 318 valence electrons. The molecule has 0 atom stereocenters. The molecule has 3 heterocycles. The van der Waals surface area contributed by atoms with Crippen molar-refractivity contribution in [1.29, 1.82) is 0 Å². The highest BCUT2D eigenvalue weighted by Gasteiger charge is 2.17. The second-order valence-electron chi connectivity index (χ2n) is 17.2. The molecule has 0 spiro atoms. The van der Waals surface area contributed by atoms with E-state index in [9.17, 15) is 0 Å². The Morgan fingerprint density at radius 1 is 0.206 bits per heavy atom. The highest BCUT2D eigenvalue weighted by molar-refractivity contribution is 6.10. The standard InChI is InChI=1S/C63H41N5/c1-2-15-42(16-3-1)47-17-12-18-48(39-47)43-31-35-45(36-32-43)61-64-62(66-63(65-61)50-20-14-22-52(41-50)68-59-29-10-6-25-55(59)56-26-7-11-30-60(56)68)46-37-33-44(34-38-46)49-19-13-21-51(40-49)67-57-27-8-4-23-53(57)54-24-5-9-28-58(54)67/h1-41H. The fourth-order valence-corrected chi connectivity index (χ4v) is 9.91. The summed E-state index contributed by atoms with van der Waals surface area (Å²) in [5, 5.41) is 4.93. The number of hydrogen-bond donors (Lipinski definition) is 0. The number of para-hydroxylation sites is 4. The molecule has 3 aromatic heterocycles. The summed E-state index contributed by atoms with van der Waals surface area (Å²) in [4.78, 5) is 15.6. The predicted octanol–water partition coefficient (Wildman–Crippen LogP) is 16.1. The van der Waals surface area contributed by atoms with Gasteiger partial charge in [-0.15, -0.1) is 0 Å². The molecule has 0 N–H and O–H groups in total. The third-order valence-corrected chi connectivity index (χ3v) is 13.2. The van der Waals surface area contributed by atoms with Crippen LogP contribution in [0.5, 0.6) is 0 Å². The summed E-state index contributed by atoms with van der Waals surface area (Å²) in [5.41, 5.74) is 16.5. The number of benzene rings is 10. The first kappa shape index (κ1) is 39.2. The van der Waals surface area contributed by atoms with Crippen molar-refractivity contribution in [3.8, 4) is 78.9 Å². The van der Waals surface area contributed by atoms with E-state index in [2.05, 4.69) is 258 Å². The Hall–Kier alpha value is -9.19. The second kappa shape index (κ2) is 16.4. The Morgan fingerprint density at radius 3 is 0.941 bits per heavy atom. The number of rotatable bonds is 8. The first-order valence-electron chi connectivity index (χ1n) is 23.0. The van der Waals surface area contributed by atoms with Gasteiger partial charge in [0.2, 0.25) is 0 Å². The van der Waals surface area contributed by atoms with Gasteiger partial charge in [-0.2, -0.15) is 0 Å². The van der Waals surface area contributed by atoms with E-state index >= 15 is 0 Å². The van der Waals surface area contributed by atoms with Gasteiger partial charge in [0.25, 0.3) is 0 Å². The van der Waals surface area contributed by atoms with Gasteiger partial charge in [-0.1, -0.05) is 194 Å². The summed E-state index contributed by atoms with van der Waals surface area (Å²) in [6.45, 7) is 0. The minimum absolute atomic E-state index is 0.607. The van der Waals surface area contributed by atoms with Gasteiger partial charge < -0.3 is 9.13 Å². The van der Waals surface area contributed by atoms with E-state index in [1.165, 1.54) is 43.7 Å². The Kier molecular flexibility index (Phi) is 9.43. The second-order valence-corrected chi connectivity index (χ2v) is 17.2.